The minimum absolute atomic E-state index is 0.0233. The number of methoxy groups -OCH3 is 1. The van der Waals surface area contributed by atoms with Crippen LogP contribution in [0.4, 0.5) is 5.69 Å². The van der Waals surface area contributed by atoms with Gasteiger partial charge in [0.05, 0.1) is 40.0 Å². The molecule has 0 aliphatic carbocycles. The fraction of sp³-hybridized carbons (Fsp3) is 0.226. The second-order valence-corrected chi connectivity index (χ2v) is 11.2. The predicted octanol–water partition coefficient (Wildman–Crippen LogP) is 4.67. The summed E-state index contributed by atoms with van der Waals surface area (Å²) in [6.45, 7) is 3.41. The number of rotatable bonds is 13. The molecule has 1 aliphatic rings. The van der Waals surface area contributed by atoms with Crippen molar-refractivity contribution in [3.63, 3.8) is 0 Å². The van der Waals surface area contributed by atoms with Crippen LogP contribution in [0.25, 0.3) is 0 Å². The molecule has 0 unspecified atom stereocenters. The number of esters is 1. The van der Waals surface area contributed by atoms with Gasteiger partial charge in [0.25, 0.3) is 11.6 Å². The third-order valence-electron chi connectivity index (χ3n) is 6.51. The number of nitro benzene ring substituents is 1. The van der Waals surface area contributed by atoms with E-state index >= 15 is 0 Å². The number of nitrogens with zero attached hydrogens (tertiary/aromatic N) is 2. The summed E-state index contributed by atoms with van der Waals surface area (Å²) in [6.07, 6.45) is 1.44. The van der Waals surface area contributed by atoms with E-state index in [9.17, 15) is 19.7 Å². The Morgan fingerprint density at radius 1 is 1.13 bits per heavy atom. The van der Waals surface area contributed by atoms with E-state index in [0.717, 1.165) is 0 Å². The van der Waals surface area contributed by atoms with Gasteiger partial charge in [0.1, 0.15) is 12.4 Å². The van der Waals surface area contributed by atoms with Gasteiger partial charge in [-0.3, -0.25) is 14.9 Å². The minimum Gasteiger partial charge on any atom is -0.493 e. The zero-order valence-electron chi connectivity index (χ0n) is 25.0. The number of carbonyl (C=O) groups is 2. The summed E-state index contributed by atoms with van der Waals surface area (Å²) in [6, 6.07) is 16.0. The molecular weight excluding hydrogens is 729 g/mol. The van der Waals surface area contributed by atoms with Crippen molar-refractivity contribution in [2.45, 2.75) is 26.5 Å². The van der Waals surface area contributed by atoms with Crippen LogP contribution in [-0.4, -0.2) is 48.5 Å². The smallest absolute Gasteiger partial charge is 0.338 e. The lowest BCUT2D eigenvalue weighted by atomic mass is 9.95. The first-order valence-electron chi connectivity index (χ1n) is 13.8. The van der Waals surface area contributed by atoms with Gasteiger partial charge in [0, 0.05) is 23.4 Å². The van der Waals surface area contributed by atoms with Crippen LogP contribution in [0.2, 0.25) is 0 Å². The van der Waals surface area contributed by atoms with E-state index in [-0.39, 0.29) is 25.5 Å². The number of hydrogen-bond donors (Lipinski definition) is 3. The lowest BCUT2D eigenvalue weighted by molar-refractivity contribution is -0.384. The molecule has 240 valence electrons. The Morgan fingerprint density at radius 3 is 2.65 bits per heavy atom. The first-order chi connectivity index (χ1) is 22.1. The number of para-hydroxylation sites is 1. The van der Waals surface area contributed by atoms with Crippen molar-refractivity contribution < 1.29 is 33.5 Å². The zero-order valence-corrected chi connectivity index (χ0v) is 28.0. The molecular formula is C31H30IN5O8S. The molecule has 15 heteroatoms. The minimum atomic E-state index is -0.652. The number of allylic oxidation sites excluding steroid dienone is 1. The number of hydrogen-bond acceptors (Lipinski definition) is 10. The third-order valence-corrected chi connectivity index (χ3v) is 7.53. The number of ether oxygens (including phenoxy) is 4. The average molecular weight is 760 g/mol. The fourth-order valence-electron chi connectivity index (χ4n) is 4.48. The second-order valence-electron chi connectivity index (χ2n) is 9.66. The Hall–Kier alpha value is -4.77. The number of nitro groups is 1. The topological polar surface area (TPSA) is 163 Å². The van der Waals surface area contributed by atoms with Crippen molar-refractivity contribution in [1.82, 2.24) is 16.1 Å². The third kappa shape index (κ3) is 8.69. The SMILES string of the molecule is CCOC(=O)C1=C(C)NC(=S)N[C@@H]1c1ccccc1OCC(=O)NN=Cc1cc(I)c(OCc2cccc([N+](=O)[O-])c2)c(OC)c1. The molecule has 0 saturated heterocycles. The molecule has 3 N–H and O–H groups in total. The maximum Gasteiger partial charge on any atom is 0.338 e. The fourth-order valence-corrected chi connectivity index (χ4v) is 5.53. The molecule has 4 rings (SSSR count). The number of thiocarbonyl (C=S) groups is 1. The van der Waals surface area contributed by atoms with E-state index in [0.29, 0.717) is 53.9 Å². The number of nitrogens with one attached hydrogen (secondary N) is 3. The molecule has 0 bridgehead atoms. The molecule has 1 amide bonds. The van der Waals surface area contributed by atoms with Gasteiger partial charge in [0.2, 0.25) is 0 Å². The van der Waals surface area contributed by atoms with Crippen LogP contribution in [-0.2, 0) is 20.9 Å². The Labute approximate surface area is 283 Å². The largest absolute Gasteiger partial charge is 0.493 e. The number of carbonyl (C=O) groups excluding carboxylic acids is 2. The quantitative estimate of drug-likeness (QED) is 0.0555. The van der Waals surface area contributed by atoms with Crippen LogP contribution in [0.1, 0.15) is 36.6 Å². The number of hydrazone groups is 1. The Morgan fingerprint density at radius 2 is 1.91 bits per heavy atom. The molecule has 3 aromatic carbocycles. The molecule has 1 aliphatic heterocycles. The van der Waals surface area contributed by atoms with Gasteiger partial charge in [0.15, 0.2) is 23.2 Å². The molecule has 0 radical (unpaired) electrons. The van der Waals surface area contributed by atoms with Gasteiger partial charge in [-0.2, -0.15) is 5.10 Å². The van der Waals surface area contributed by atoms with E-state index in [4.69, 9.17) is 31.2 Å². The monoisotopic (exact) mass is 759 g/mol. The summed E-state index contributed by atoms with van der Waals surface area (Å²) in [4.78, 5) is 36.0. The van der Waals surface area contributed by atoms with Gasteiger partial charge in [-0.25, -0.2) is 10.2 Å². The van der Waals surface area contributed by atoms with Gasteiger partial charge in [-0.05, 0) is 78.0 Å². The lowest BCUT2D eigenvalue weighted by Gasteiger charge is -2.30. The highest BCUT2D eigenvalue weighted by molar-refractivity contribution is 14.1. The first-order valence-corrected chi connectivity index (χ1v) is 15.3. The van der Waals surface area contributed by atoms with Crippen molar-refractivity contribution >= 4 is 63.7 Å². The Bertz CT molecular complexity index is 1710. The van der Waals surface area contributed by atoms with Gasteiger partial charge >= 0.3 is 5.97 Å². The number of amides is 1. The van der Waals surface area contributed by atoms with Gasteiger partial charge < -0.3 is 29.6 Å². The van der Waals surface area contributed by atoms with Crippen LogP contribution < -0.4 is 30.3 Å². The highest BCUT2D eigenvalue weighted by Gasteiger charge is 2.32. The Balaban J connectivity index is 1.39. The summed E-state index contributed by atoms with van der Waals surface area (Å²) < 4.78 is 23.2. The number of benzene rings is 3. The number of non-ortho nitro benzene ring substituents is 1. The molecule has 1 heterocycles. The van der Waals surface area contributed by atoms with E-state index in [1.807, 2.05) is 0 Å². The lowest BCUT2D eigenvalue weighted by Crippen LogP contribution is -2.45. The molecule has 0 fully saturated rings. The molecule has 13 nitrogen and oxygen atoms in total. The summed E-state index contributed by atoms with van der Waals surface area (Å²) in [7, 11) is 1.49. The highest BCUT2D eigenvalue weighted by Crippen LogP contribution is 2.35. The highest BCUT2D eigenvalue weighted by atomic mass is 127. The van der Waals surface area contributed by atoms with Crippen molar-refractivity contribution in [3.8, 4) is 17.2 Å². The summed E-state index contributed by atoms with van der Waals surface area (Å²) in [5.41, 5.74) is 5.17. The molecule has 1 atom stereocenters. The summed E-state index contributed by atoms with van der Waals surface area (Å²) >= 11 is 7.39. The van der Waals surface area contributed by atoms with Crippen molar-refractivity contribution in [1.29, 1.82) is 0 Å². The molecule has 0 aromatic heterocycles. The Kier molecular flexibility index (Phi) is 11.9. The molecule has 0 saturated carbocycles. The molecule has 46 heavy (non-hydrogen) atoms. The average Bonchev–Trinajstić information content (AvgIpc) is 3.03. The first kappa shape index (κ1) is 34.1. The van der Waals surface area contributed by atoms with Crippen molar-refractivity contribution in [3.05, 3.63) is 102 Å². The van der Waals surface area contributed by atoms with E-state index in [1.165, 1.54) is 25.5 Å². The van der Waals surface area contributed by atoms with E-state index in [2.05, 4.69) is 43.8 Å². The summed E-state index contributed by atoms with van der Waals surface area (Å²) in [5, 5.41) is 21.5. The second kappa shape index (κ2) is 16.0. The normalized spacial score (nSPS) is 14.3. The van der Waals surface area contributed by atoms with Crippen LogP contribution in [0.5, 0.6) is 17.2 Å². The van der Waals surface area contributed by atoms with Crippen LogP contribution >= 0.6 is 34.8 Å². The zero-order chi connectivity index (χ0) is 33.2. The molecule has 0 spiro atoms. The van der Waals surface area contributed by atoms with Gasteiger partial charge in [-0.15, -0.1) is 0 Å². The van der Waals surface area contributed by atoms with E-state index < -0.39 is 22.8 Å². The maximum atomic E-state index is 12.8. The maximum absolute atomic E-state index is 12.8. The number of halogens is 1. The van der Waals surface area contributed by atoms with Crippen molar-refractivity contribution in [2.75, 3.05) is 20.3 Å². The van der Waals surface area contributed by atoms with Crippen LogP contribution in [0, 0.1) is 13.7 Å². The van der Waals surface area contributed by atoms with Crippen LogP contribution in [0.15, 0.2) is 77.0 Å². The predicted molar refractivity (Wildman–Crippen MR) is 182 cm³/mol. The van der Waals surface area contributed by atoms with Gasteiger partial charge in [-0.1, -0.05) is 30.3 Å². The van der Waals surface area contributed by atoms with Crippen molar-refractivity contribution in [2.24, 2.45) is 5.10 Å². The van der Waals surface area contributed by atoms with E-state index in [1.54, 1.807) is 62.4 Å². The molecule has 3 aromatic rings. The standard InChI is InChI=1S/C31H30IN5O8S/c1-4-43-30(39)27-18(2)34-31(46)35-28(27)22-10-5-6-11-24(22)44-17-26(38)36-33-15-20-13-23(32)29(25(14-20)42-3)45-16-19-8-7-9-21(12-19)37(40)41/h5-15,28H,4,16-17H2,1-3H3,(H,36,38)(H2,34,35,46)/t28-/m1/s1. The summed E-state index contributed by atoms with van der Waals surface area (Å²) in [5.74, 6) is 0.238. The van der Waals surface area contributed by atoms with Crippen LogP contribution in [0.3, 0.4) is 0 Å².